The average molecular weight is 413 g/mol. The number of sulfonamides is 1. The fraction of sp³-hybridized carbons (Fsp3) is 0.429. The third-order valence-corrected chi connectivity index (χ3v) is 8.02. The van der Waals surface area contributed by atoms with Crippen LogP contribution in [0.2, 0.25) is 0 Å². The number of carbonyl (C=O) groups is 1. The molecule has 3 heterocycles. The molecule has 1 saturated heterocycles. The molecule has 5 rings (SSSR count). The Hall–Kier alpha value is -2.45. The summed E-state index contributed by atoms with van der Waals surface area (Å²) in [6.45, 7) is 0.963. The summed E-state index contributed by atoms with van der Waals surface area (Å²) in [5.41, 5.74) is 0.894. The number of amides is 1. The highest BCUT2D eigenvalue weighted by Gasteiger charge is 2.49. The van der Waals surface area contributed by atoms with Crippen LogP contribution in [0.15, 0.2) is 53.6 Å². The Morgan fingerprint density at radius 3 is 2.62 bits per heavy atom. The molecule has 2 aliphatic heterocycles. The van der Waals surface area contributed by atoms with Gasteiger partial charge in [-0.25, -0.2) is 13.4 Å². The lowest BCUT2D eigenvalue weighted by molar-refractivity contribution is -0.137. The summed E-state index contributed by atoms with van der Waals surface area (Å²) >= 11 is 0. The number of ether oxygens (including phenoxy) is 1. The van der Waals surface area contributed by atoms with Crippen molar-refractivity contribution in [2.75, 3.05) is 13.1 Å². The maximum absolute atomic E-state index is 13.6. The van der Waals surface area contributed by atoms with Crippen molar-refractivity contribution in [3.63, 3.8) is 0 Å². The lowest BCUT2D eigenvalue weighted by Gasteiger charge is -2.30. The molecule has 0 N–H and O–H groups in total. The number of aromatic nitrogens is 1. The number of likely N-dealkylation sites (tertiary alicyclic amines) is 1. The summed E-state index contributed by atoms with van der Waals surface area (Å²) in [4.78, 5) is 18.9. The molecular formula is C21H23N3O4S. The molecule has 29 heavy (non-hydrogen) atoms. The smallest absolute Gasteiger partial charge is 0.249 e. The van der Waals surface area contributed by atoms with Gasteiger partial charge in [0.2, 0.25) is 21.8 Å². The summed E-state index contributed by atoms with van der Waals surface area (Å²) in [5, 5.41) is 0. The fourth-order valence-electron chi connectivity index (χ4n) is 4.32. The molecule has 0 spiro atoms. The van der Waals surface area contributed by atoms with E-state index in [4.69, 9.17) is 4.74 Å². The molecule has 1 aromatic carbocycles. The van der Waals surface area contributed by atoms with Crippen LogP contribution in [0.25, 0.3) is 0 Å². The molecule has 1 aromatic heterocycles. The van der Waals surface area contributed by atoms with Crippen molar-refractivity contribution in [2.45, 2.75) is 42.8 Å². The number of carbonyl (C=O) groups excluding carboxylic acids is 1. The predicted molar refractivity (Wildman–Crippen MR) is 106 cm³/mol. The molecule has 1 amide bonds. The highest BCUT2D eigenvalue weighted by Crippen LogP contribution is 2.37. The first kappa shape index (κ1) is 18.6. The summed E-state index contributed by atoms with van der Waals surface area (Å²) in [5.74, 6) is 0.309. The molecular weight excluding hydrogens is 390 g/mol. The van der Waals surface area contributed by atoms with Gasteiger partial charge in [0.1, 0.15) is 11.0 Å². The van der Waals surface area contributed by atoms with Gasteiger partial charge in [0, 0.05) is 25.2 Å². The number of rotatable bonds is 3. The zero-order chi connectivity index (χ0) is 20.0. The minimum absolute atomic E-state index is 0.0712. The van der Waals surface area contributed by atoms with Crippen LogP contribution in [0, 0.1) is 5.92 Å². The SMILES string of the molecule is O=C(C1CCC1)N1C[C@H]2Oc3ncccc3S(=O)(=O)N(Cc3ccccc3)[C@H]2C1. The molecule has 152 valence electrons. The first-order valence-electron chi connectivity index (χ1n) is 10.0. The largest absolute Gasteiger partial charge is 0.470 e. The molecule has 3 aliphatic rings. The summed E-state index contributed by atoms with van der Waals surface area (Å²) in [6, 6.07) is 12.2. The van der Waals surface area contributed by atoms with Gasteiger partial charge in [0.05, 0.1) is 12.6 Å². The lowest BCUT2D eigenvalue weighted by Crippen LogP contribution is -2.46. The third kappa shape index (κ3) is 3.20. The highest BCUT2D eigenvalue weighted by molar-refractivity contribution is 7.89. The third-order valence-electron chi connectivity index (χ3n) is 6.14. The van der Waals surface area contributed by atoms with Crippen LogP contribution in [-0.4, -0.2) is 53.7 Å². The van der Waals surface area contributed by atoms with E-state index in [9.17, 15) is 13.2 Å². The van der Waals surface area contributed by atoms with E-state index in [0.717, 1.165) is 24.8 Å². The molecule has 2 fully saturated rings. The van der Waals surface area contributed by atoms with Gasteiger partial charge < -0.3 is 9.64 Å². The lowest BCUT2D eigenvalue weighted by atomic mass is 9.84. The highest BCUT2D eigenvalue weighted by atomic mass is 32.2. The standard InChI is InChI=1S/C21H23N3O4S/c25-21(16-8-4-9-16)23-13-17-18(14-23)28-20-19(10-5-11-22-20)29(26,27)24(17)12-15-6-2-1-3-7-15/h1-3,5-7,10-11,16-18H,4,8-9,12-14H2/t17-,18+/m0/s1. The Bertz CT molecular complexity index is 1020. The Labute approximate surface area is 170 Å². The van der Waals surface area contributed by atoms with Crippen LogP contribution >= 0.6 is 0 Å². The fourth-order valence-corrected chi connectivity index (χ4v) is 6.02. The van der Waals surface area contributed by atoms with Crippen molar-refractivity contribution >= 4 is 15.9 Å². The number of nitrogens with zero attached hydrogens (tertiary/aromatic N) is 3. The van der Waals surface area contributed by atoms with Gasteiger partial charge in [0.15, 0.2) is 0 Å². The maximum Gasteiger partial charge on any atom is 0.249 e. The number of pyridine rings is 1. The molecule has 7 nitrogen and oxygen atoms in total. The van der Waals surface area contributed by atoms with Crippen LogP contribution in [0.1, 0.15) is 24.8 Å². The zero-order valence-electron chi connectivity index (χ0n) is 16.0. The summed E-state index contributed by atoms with van der Waals surface area (Å²) < 4.78 is 34.7. The van der Waals surface area contributed by atoms with Crippen LogP contribution in [0.5, 0.6) is 5.88 Å². The van der Waals surface area contributed by atoms with Gasteiger partial charge >= 0.3 is 0 Å². The second-order valence-electron chi connectivity index (χ2n) is 7.94. The van der Waals surface area contributed by atoms with Crippen molar-refractivity contribution in [1.29, 1.82) is 0 Å². The predicted octanol–water partition coefficient (Wildman–Crippen LogP) is 2.04. The van der Waals surface area contributed by atoms with Gasteiger partial charge in [-0.2, -0.15) is 4.31 Å². The van der Waals surface area contributed by atoms with Gasteiger partial charge in [-0.05, 0) is 30.5 Å². The van der Waals surface area contributed by atoms with E-state index in [1.807, 2.05) is 30.3 Å². The number of benzene rings is 1. The van der Waals surface area contributed by atoms with E-state index in [1.165, 1.54) is 16.6 Å². The summed E-state index contributed by atoms with van der Waals surface area (Å²) in [7, 11) is -3.82. The molecule has 1 aliphatic carbocycles. The number of hydrogen-bond acceptors (Lipinski definition) is 5. The molecule has 1 saturated carbocycles. The quantitative estimate of drug-likeness (QED) is 0.769. The normalized spacial score (nSPS) is 26.0. The monoisotopic (exact) mass is 413 g/mol. The van der Waals surface area contributed by atoms with E-state index in [-0.39, 0.29) is 29.1 Å². The maximum atomic E-state index is 13.6. The van der Waals surface area contributed by atoms with E-state index in [1.54, 1.807) is 11.0 Å². The first-order valence-corrected chi connectivity index (χ1v) is 11.4. The van der Waals surface area contributed by atoms with Crippen molar-refractivity contribution in [2.24, 2.45) is 5.92 Å². The van der Waals surface area contributed by atoms with E-state index >= 15 is 0 Å². The number of hydrogen-bond donors (Lipinski definition) is 0. The number of fused-ring (bicyclic) bond motifs is 2. The Morgan fingerprint density at radius 1 is 1.10 bits per heavy atom. The minimum Gasteiger partial charge on any atom is -0.470 e. The first-order chi connectivity index (χ1) is 14.0. The van der Waals surface area contributed by atoms with Gasteiger partial charge in [-0.15, -0.1) is 0 Å². The second-order valence-corrected chi connectivity index (χ2v) is 9.80. The molecule has 0 unspecified atom stereocenters. The van der Waals surface area contributed by atoms with Crippen molar-refractivity contribution < 1.29 is 17.9 Å². The van der Waals surface area contributed by atoms with Crippen LogP contribution in [0.3, 0.4) is 0 Å². The average Bonchev–Trinajstić information content (AvgIpc) is 3.06. The van der Waals surface area contributed by atoms with E-state index in [0.29, 0.717) is 13.1 Å². The Kier molecular flexibility index (Phi) is 4.55. The van der Waals surface area contributed by atoms with Crippen LogP contribution in [0.4, 0.5) is 0 Å². The molecule has 2 atom stereocenters. The summed E-state index contributed by atoms with van der Waals surface area (Å²) in [6.07, 6.45) is 4.01. The van der Waals surface area contributed by atoms with E-state index in [2.05, 4.69) is 4.98 Å². The van der Waals surface area contributed by atoms with Crippen molar-refractivity contribution in [3.05, 3.63) is 54.2 Å². The zero-order valence-corrected chi connectivity index (χ0v) is 16.8. The Balaban J connectivity index is 1.53. The van der Waals surface area contributed by atoms with Gasteiger partial charge in [-0.1, -0.05) is 36.8 Å². The minimum atomic E-state index is -3.82. The van der Waals surface area contributed by atoms with Crippen molar-refractivity contribution in [3.8, 4) is 5.88 Å². The van der Waals surface area contributed by atoms with Crippen molar-refractivity contribution in [1.82, 2.24) is 14.2 Å². The van der Waals surface area contributed by atoms with Gasteiger partial charge in [-0.3, -0.25) is 4.79 Å². The van der Waals surface area contributed by atoms with Crippen LogP contribution in [-0.2, 0) is 21.4 Å². The molecule has 0 bridgehead atoms. The van der Waals surface area contributed by atoms with Crippen LogP contribution < -0.4 is 4.74 Å². The van der Waals surface area contributed by atoms with Gasteiger partial charge in [0.25, 0.3) is 0 Å². The second kappa shape index (κ2) is 7.11. The molecule has 8 heteroatoms. The van der Waals surface area contributed by atoms with E-state index < -0.39 is 22.2 Å². The Morgan fingerprint density at radius 2 is 1.90 bits per heavy atom. The molecule has 0 radical (unpaired) electrons. The molecule has 2 aromatic rings. The topological polar surface area (TPSA) is 79.8 Å².